The molecular weight excluding hydrogens is 382 g/mol. The van der Waals surface area contributed by atoms with Crippen LogP contribution in [0.4, 0.5) is 0 Å². The van der Waals surface area contributed by atoms with Crippen molar-refractivity contribution < 1.29 is 18.7 Å². The molecule has 7 nitrogen and oxygen atoms in total. The van der Waals surface area contributed by atoms with E-state index in [9.17, 15) is 9.59 Å². The summed E-state index contributed by atoms with van der Waals surface area (Å²) in [5.74, 6) is 0.421. The number of para-hydroxylation sites is 2. The minimum Gasteiger partial charge on any atom is -0.486 e. The third-order valence-electron chi connectivity index (χ3n) is 4.64. The molecule has 2 aromatic heterocycles. The number of rotatable bonds is 6. The maximum atomic E-state index is 12.3. The number of nitrogens with zero attached hydrogens (tertiary/aromatic N) is 1. The molecule has 4 rings (SSSR count). The van der Waals surface area contributed by atoms with Gasteiger partial charge < -0.3 is 13.7 Å². The van der Waals surface area contributed by atoms with E-state index in [0.717, 1.165) is 16.6 Å². The van der Waals surface area contributed by atoms with Crippen LogP contribution in [-0.2, 0) is 17.9 Å². The van der Waals surface area contributed by atoms with Crippen LogP contribution in [0.5, 0.6) is 5.75 Å². The van der Waals surface area contributed by atoms with Crippen LogP contribution in [0.1, 0.15) is 22.0 Å². The summed E-state index contributed by atoms with van der Waals surface area (Å²) in [6, 6.07) is 22.4. The molecule has 0 saturated heterocycles. The highest BCUT2D eigenvalue weighted by Gasteiger charge is 2.14. The van der Waals surface area contributed by atoms with Gasteiger partial charge in [0.25, 0.3) is 5.91 Å². The lowest BCUT2D eigenvalue weighted by molar-refractivity contribution is -0.122. The van der Waals surface area contributed by atoms with Crippen LogP contribution in [0.25, 0.3) is 10.9 Å². The molecule has 0 fully saturated rings. The monoisotopic (exact) mass is 403 g/mol. The molecule has 0 atom stereocenters. The van der Waals surface area contributed by atoms with Crippen molar-refractivity contribution in [2.75, 3.05) is 0 Å². The Hall–Kier alpha value is -4.00. The normalized spacial score (nSPS) is 10.7. The summed E-state index contributed by atoms with van der Waals surface area (Å²) < 4.78 is 13.0. The molecule has 2 heterocycles. The van der Waals surface area contributed by atoms with Gasteiger partial charge in [-0.25, -0.2) is 0 Å². The number of amides is 2. The molecule has 0 aliphatic carbocycles. The van der Waals surface area contributed by atoms with Gasteiger partial charge in [0, 0.05) is 11.2 Å². The van der Waals surface area contributed by atoms with Crippen LogP contribution in [0.3, 0.4) is 0 Å². The van der Waals surface area contributed by atoms with Crippen molar-refractivity contribution in [2.45, 2.75) is 20.1 Å². The minimum atomic E-state index is -0.539. The Morgan fingerprint density at radius 3 is 2.57 bits per heavy atom. The Balaban J connectivity index is 1.30. The van der Waals surface area contributed by atoms with Crippen molar-refractivity contribution >= 4 is 22.7 Å². The lowest BCUT2D eigenvalue weighted by Gasteiger charge is -2.09. The Bertz CT molecular complexity index is 1180. The van der Waals surface area contributed by atoms with Gasteiger partial charge in [-0.2, -0.15) is 0 Å². The van der Waals surface area contributed by atoms with E-state index in [4.69, 9.17) is 9.15 Å². The van der Waals surface area contributed by atoms with Gasteiger partial charge in [0.2, 0.25) is 0 Å². The summed E-state index contributed by atoms with van der Waals surface area (Å²) in [4.78, 5) is 24.6. The molecule has 4 aromatic rings. The zero-order chi connectivity index (χ0) is 20.9. The SMILES string of the molecule is Cc1cc2ccccc2n1CC(=O)NNC(=O)c1ccc(COc2ccccc2)o1. The first kappa shape index (κ1) is 19.3. The number of nitrogens with one attached hydrogen (secondary N) is 2. The van der Waals surface area contributed by atoms with Crippen molar-refractivity contribution in [3.8, 4) is 5.75 Å². The van der Waals surface area contributed by atoms with E-state index in [1.807, 2.05) is 72.2 Å². The minimum absolute atomic E-state index is 0.0876. The lowest BCUT2D eigenvalue weighted by atomic mass is 10.2. The number of hydrazine groups is 1. The number of ether oxygens (including phenoxy) is 1. The van der Waals surface area contributed by atoms with Crippen LogP contribution < -0.4 is 15.6 Å². The van der Waals surface area contributed by atoms with Gasteiger partial charge in [-0.3, -0.25) is 20.4 Å². The lowest BCUT2D eigenvalue weighted by Crippen LogP contribution is -2.43. The highest BCUT2D eigenvalue weighted by Crippen LogP contribution is 2.19. The summed E-state index contributed by atoms with van der Waals surface area (Å²) in [5.41, 5.74) is 6.74. The van der Waals surface area contributed by atoms with E-state index in [2.05, 4.69) is 10.9 Å². The van der Waals surface area contributed by atoms with Gasteiger partial charge >= 0.3 is 5.91 Å². The largest absolute Gasteiger partial charge is 0.486 e. The standard InChI is InChI=1S/C23H21N3O4/c1-16-13-17-7-5-6-10-20(17)26(16)14-22(27)24-25-23(28)21-12-11-19(30-21)15-29-18-8-3-2-4-9-18/h2-13H,14-15H2,1H3,(H,24,27)(H,25,28). The fourth-order valence-electron chi connectivity index (χ4n) is 3.18. The molecule has 2 N–H and O–H groups in total. The van der Waals surface area contributed by atoms with Gasteiger partial charge in [-0.1, -0.05) is 36.4 Å². The van der Waals surface area contributed by atoms with Crippen LogP contribution in [0.15, 0.2) is 77.2 Å². The molecule has 0 unspecified atom stereocenters. The second-order valence-electron chi connectivity index (χ2n) is 6.80. The third-order valence-corrected chi connectivity index (χ3v) is 4.64. The smallest absolute Gasteiger partial charge is 0.305 e. The Morgan fingerprint density at radius 2 is 1.73 bits per heavy atom. The number of aryl methyl sites for hydroxylation is 1. The Labute approximate surface area is 173 Å². The van der Waals surface area contributed by atoms with Crippen LogP contribution in [0, 0.1) is 6.92 Å². The van der Waals surface area contributed by atoms with Crippen LogP contribution in [0.2, 0.25) is 0 Å². The van der Waals surface area contributed by atoms with Gasteiger partial charge in [-0.15, -0.1) is 0 Å². The van der Waals surface area contributed by atoms with Gasteiger partial charge in [0.05, 0.1) is 0 Å². The fourth-order valence-corrected chi connectivity index (χ4v) is 3.18. The Morgan fingerprint density at radius 1 is 0.967 bits per heavy atom. The predicted octanol–water partition coefficient (Wildman–Crippen LogP) is 3.58. The quantitative estimate of drug-likeness (QED) is 0.482. The molecule has 2 amide bonds. The predicted molar refractivity (Wildman–Crippen MR) is 112 cm³/mol. The number of fused-ring (bicyclic) bond motifs is 1. The maximum Gasteiger partial charge on any atom is 0.305 e. The summed E-state index contributed by atoms with van der Waals surface area (Å²) >= 11 is 0. The number of carbonyl (C=O) groups excluding carboxylic acids is 2. The molecule has 0 radical (unpaired) electrons. The van der Waals surface area contributed by atoms with Crippen molar-refractivity contribution in [3.63, 3.8) is 0 Å². The topological polar surface area (TPSA) is 85.5 Å². The van der Waals surface area contributed by atoms with E-state index in [-0.39, 0.29) is 24.8 Å². The summed E-state index contributed by atoms with van der Waals surface area (Å²) in [5, 5.41) is 1.06. The van der Waals surface area contributed by atoms with Crippen molar-refractivity contribution in [1.29, 1.82) is 0 Å². The summed E-state index contributed by atoms with van der Waals surface area (Å²) in [7, 11) is 0. The van der Waals surface area contributed by atoms with E-state index < -0.39 is 5.91 Å². The fraction of sp³-hybridized carbons (Fsp3) is 0.130. The van der Waals surface area contributed by atoms with Crippen molar-refractivity contribution in [1.82, 2.24) is 15.4 Å². The summed E-state index contributed by atoms with van der Waals surface area (Å²) in [6.45, 7) is 2.23. The highest BCUT2D eigenvalue weighted by molar-refractivity contribution is 5.93. The maximum absolute atomic E-state index is 12.3. The van der Waals surface area contributed by atoms with E-state index in [1.54, 1.807) is 6.07 Å². The van der Waals surface area contributed by atoms with Gasteiger partial charge in [0.15, 0.2) is 5.76 Å². The first-order chi connectivity index (χ1) is 14.6. The number of benzene rings is 2. The van der Waals surface area contributed by atoms with Gasteiger partial charge in [0.1, 0.15) is 24.7 Å². The molecule has 152 valence electrons. The van der Waals surface area contributed by atoms with Crippen molar-refractivity contribution in [2.24, 2.45) is 0 Å². The van der Waals surface area contributed by atoms with E-state index >= 15 is 0 Å². The first-order valence-electron chi connectivity index (χ1n) is 9.51. The molecular formula is C23H21N3O4. The average molecular weight is 403 g/mol. The highest BCUT2D eigenvalue weighted by atomic mass is 16.5. The first-order valence-corrected chi connectivity index (χ1v) is 9.51. The third kappa shape index (κ3) is 4.35. The molecule has 7 heteroatoms. The molecule has 0 saturated carbocycles. The zero-order valence-electron chi connectivity index (χ0n) is 16.4. The Kier molecular flexibility index (Phi) is 5.52. The number of carbonyl (C=O) groups is 2. The molecule has 0 aliphatic rings. The number of furan rings is 1. The summed E-state index contributed by atoms with van der Waals surface area (Å²) in [6.07, 6.45) is 0. The van der Waals surface area contributed by atoms with Gasteiger partial charge in [-0.05, 0) is 48.7 Å². The van der Waals surface area contributed by atoms with Crippen molar-refractivity contribution in [3.05, 3.63) is 90.0 Å². The second-order valence-corrected chi connectivity index (χ2v) is 6.80. The molecule has 0 bridgehead atoms. The van der Waals surface area contributed by atoms with E-state index in [1.165, 1.54) is 6.07 Å². The number of hydrogen-bond acceptors (Lipinski definition) is 4. The molecule has 0 aliphatic heterocycles. The van der Waals surface area contributed by atoms with Crippen LogP contribution in [-0.4, -0.2) is 16.4 Å². The number of hydrogen-bond donors (Lipinski definition) is 2. The molecule has 30 heavy (non-hydrogen) atoms. The average Bonchev–Trinajstić information content (AvgIpc) is 3.36. The number of aromatic nitrogens is 1. The van der Waals surface area contributed by atoms with Crippen LogP contribution >= 0.6 is 0 Å². The second kappa shape index (κ2) is 8.57. The van der Waals surface area contributed by atoms with E-state index in [0.29, 0.717) is 11.5 Å². The molecule has 2 aromatic carbocycles. The molecule has 0 spiro atoms. The zero-order valence-corrected chi connectivity index (χ0v) is 16.4.